The molecule has 1 atom stereocenters. The zero-order chi connectivity index (χ0) is 14.5. The van der Waals surface area contributed by atoms with Crippen LogP contribution in [0.5, 0.6) is 0 Å². The van der Waals surface area contributed by atoms with Gasteiger partial charge < -0.3 is 15.0 Å². The van der Waals surface area contributed by atoms with E-state index >= 15 is 0 Å². The van der Waals surface area contributed by atoms with E-state index in [-0.39, 0.29) is 18.0 Å². The molecule has 0 unspecified atom stereocenters. The number of ether oxygens (including phenoxy) is 1. The van der Waals surface area contributed by atoms with Crippen LogP contribution in [0, 0.1) is 0 Å². The van der Waals surface area contributed by atoms with Gasteiger partial charge in [-0.25, -0.2) is 4.79 Å². The molecule has 110 valence electrons. The van der Waals surface area contributed by atoms with Crippen LogP contribution in [0.25, 0.3) is 0 Å². The molecule has 0 aromatic carbocycles. The molecule has 0 aromatic heterocycles. The van der Waals surface area contributed by atoms with Gasteiger partial charge in [0.15, 0.2) is 0 Å². The summed E-state index contributed by atoms with van der Waals surface area (Å²) in [6.07, 6.45) is 1.57. The number of carbonyl (C=O) groups is 2. The highest BCUT2D eigenvalue weighted by Crippen LogP contribution is 2.15. The fraction of sp³-hybridized carbons (Fsp3) is 0.846. The highest BCUT2D eigenvalue weighted by molar-refractivity contribution is 6.17. The standard InChI is InChI=1S/C13H23ClN2O3/c1-13(2,3)19-12(18)16-8-6-10(9-16)15-11(17)5-4-7-14/h10H,4-9H2,1-3H3,(H,15,17)/t10-/m0/s1. The predicted octanol–water partition coefficient (Wildman–Crippen LogP) is 2.13. The molecule has 2 amide bonds. The molecule has 0 radical (unpaired) electrons. The number of likely N-dealkylation sites (tertiary alicyclic amines) is 1. The summed E-state index contributed by atoms with van der Waals surface area (Å²) in [5.74, 6) is 0.485. The van der Waals surface area contributed by atoms with Gasteiger partial charge in [-0.3, -0.25) is 4.79 Å². The first kappa shape index (κ1) is 16.1. The Kier molecular flexibility index (Phi) is 5.91. The number of alkyl halides is 1. The summed E-state index contributed by atoms with van der Waals surface area (Å²) in [5.41, 5.74) is -0.487. The Morgan fingerprint density at radius 1 is 1.42 bits per heavy atom. The van der Waals surface area contributed by atoms with E-state index < -0.39 is 5.60 Å². The van der Waals surface area contributed by atoms with Gasteiger partial charge in [-0.2, -0.15) is 0 Å². The minimum Gasteiger partial charge on any atom is -0.444 e. The second kappa shape index (κ2) is 6.98. The Bertz CT molecular complexity index is 328. The molecule has 1 rings (SSSR count). The third-order valence-electron chi connectivity index (χ3n) is 2.74. The van der Waals surface area contributed by atoms with Gasteiger partial charge >= 0.3 is 6.09 Å². The maximum Gasteiger partial charge on any atom is 0.410 e. The topological polar surface area (TPSA) is 58.6 Å². The number of rotatable bonds is 4. The normalized spacial score (nSPS) is 19.4. The quantitative estimate of drug-likeness (QED) is 0.807. The van der Waals surface area contributed by atoms with Gasteiger partial charge in [-0.15, -0.1) is 11.6 Å². The van der Waals surface area contributed by atoms with Gasteiger partial charge in [0.05, 0.1) is 0 Å². The molecule has 0 spiro atoms. The summed E-state index contributed by atoms with van der Waals surface area (Å²) in [6, 6.07) is 0.0235. The van der Waals surface area contributed by atoms with Crippen molar-refractivity contribution in [2.45, 2.75) is 51.7 Å². The zero-order valence-electron chi connectivity index (χ0n) is 11.9. The summed E-state index contributed by atoms with van der Waals surface area (Å²) in [6.45, 7) is 6.65. The lowest BCUT2D eigenvalue weighted by Crippen LogP contribution is -2.40. The molecular weight excluding hydrogens is 268 g/mol. The predicted molar refractivity (Wildman–Crippen MR) is 74.3 cm³/mol. The maximum atomic E-state index is 11.8. The molecule has 0 aliphatic carbocycles. The number of amides is 2. The van der Waals surface area contributed by atoms with Crippen LogP contribution >= 0.6 is 11.6 Å². The number of nitrogens with zero attached hydrogens (tertiary/aromatic N) is 1. The van der Waals surface area contributed by atoms with Crippen molar-refractivity contribution in [3.05, 3.63) is 0 Å². The third-order valence-corrected chi connectivity index (χ3v) is 3.01. The molecule has 0 aromatic rings. The average Bonchev–Trinajstić information content (AvgIpc) is 2.72. The van der Waals surface area contributed by atoms with Crippen LogP contribution in [0.4, 0.5) is 4.79 Å². The van der Waals surface area contributed by atoms with Gasteiger partial charge in [-0.05, 0) is 33.6 Å². The molecular formula is C13H23ClN2O3. The van der Waals surface area contributed by atoms with Crippen molar-refractivity contribution in [3.63, 3.8) is 0 Å². The van der Waals surface area contributed by atoms with E-state index in [1.54, 1.807) is 4.90 Å². The van der Waals surface area contributed by atoms with E-state index in [2.05, 4.69) is 5.32 Å². The van der Waals surface area contributed by atoms with Crippen LogP contribution in [0.1, 0.15) is 40.0 Å². The van der Waals surface area contributed by atoms with Crippen molar-refractivity contribution >= 4 is 23.6 Å². The molecule has 1 saturated heterocycles. The fourth-order valence-electron chi connectivity index (χ4n) is 1.90. The molecule has 1 fully saturated rings. The lowest BCUT2D eigenvalue weighted by atomic mass is 10.2. The Hall–Kier alpha value is -0.970. The molecule has 0 bridgehead atoms. The van der Waals surface area contributed by atoms with Gasteiger partial charge in [0.25, 0.3) is 0 Å². The van der Waals surface area contributed by atoms with Gasteiger partial charge in [0, 0.05) is 31.4 Å². The van der Waals surface area contributed by atoms with Crippen molar-refractivity contribution in [3.8, 4) is 0 Å². The van der Waals surface area contributed by atoms with Gasteiger partial charge in [0.2, 0.25) is 5.91 Å². The van der Waals surface area contributed by atoms with Crippen molar-refractivity contribution < 1.29 is 14.3 Å². The van der Waals surface area contributed by atoms with Crippen LogP contribution in [-0.2, 0) is 9.53 Å². The Morgan fingerprint density at radius 3 is 2.68 bits per heavy atom. The van der Waals surface area contributed by atoms with E-state index in [9.17, 15) is 9.59 Å². The monoisotopic (exact) mass is 290 g/mol. The average molecular weight is 291 g/mol. The van der Waals surface area contributed by atoms with Crippen LogP contribution in [0.2, 0.25) is 0 Å². The van der Waals surface area contributed by atoms with E-state index in [4.69, 9.17) is 16.3 Å². The Balaban J connectivity index is 2.33. The summed E-state index contributed by atoms with van der Waals surface area (Å²) in [4.78, 5) is 25.0. The van der Waals surface area contributed by atoms with Crippen molar-refractivity contribution in [1.82, 2.24) is 10.2 Å². The number of halogens is 1. The van der Waals surface area contributed by atoms with E-state index in [1.165, 1.54) is 0 Å². The zero-order valence-corrected chi connectivity index (χ0v) is 12.6. The molecule has 0 saturated carbocycles. The van der Waals surface area contributed by atoms with Crippen LogP contribution in [0.3, 0.4) is 0 Å². The van der Waals surface area contributed by atoms with Gasteiger partial charge in [-0.1, -0.05) is 0 Å². The largest absolute Gasteiger partial charge is 0.444 e. The fourth-order valence-corrected chi connectivity index (χ4v) is 2.03. The highest BCUT2D eigenvalue weighted by Gasteiger charge is 2.30. The van der Waals surface area contributed by atoms with Crippen molar-refractivity contribution in [2.75, 3.05) is 19.0 Å². The second-order valence-corrected chi connectivity index (χ2v) is 6.15. The van der Waals surface area contributed by atoms with Crippen LogP contribution < -0.4 is 5.32 Å². The minimum absolute atomic E-state index is 0.00307. The van der Waals surface area contributed by atoms with Crippen molar-refractivity contribution in [2.24, 2.45) is 0 Å². The molecule has 1 aliphatic rings. The number of carbonyl (C=O) groups excluding carboxylic acids is 2. The molecule has 1 N–H and O–H groups in total. The van der Waals surface area contributed by atoms with Crippen molar-refractivity contribution in [1.29, 1.82) is 0 Å². The first-order valence-corrected chi connectivity index (χ1v) is 7.18. The van der Waals surface area contributed by atoms with E-state index in [1.807, 2.05) is 20.8 Å². The lowest BCUT2D eigenvalue weighted by molar-refractivity contribution is -0.121. The summed E-state index contributed by atoms with van der Waals surface area (Å²) in [5, 5.41) is 2.91. The van der Waals surface area contributed by atoms with Gasteiger partial charge in [0.1, 0.15) is 5.60 Å². The summed E-state index contributed by atoms with van der Waals surface area (Å²) < 4.78 is 5.30. The maximum absolute atomic E-state index is 11.8. The van der Waals surface area contributed by atoms with Crippen LogP contribution in [-0.4, -0.2) is 47.5 Å². The molecule has 5 nitrogen and oxygen atoms in total. The van der Waals surface area contributed by atoms with Crippen LogP contribution in [0.15, 0.2) is 0 Å². The number of hydrogen-bond donors (Lipinski definition) is 1. The summed E-state index contributed by atoms with van der Waals surface area (Å²) in [7, 11) is 0. The minimum atomic E-state index is -0.487. The highest BCUT2D eigenvalue weighted by atomic mass is 35.5. The third kappa shape index (κ3) is 6.14. The lowest BCUT2D eigenvalue weighted by Gasteiger charge is -2.24. The molecule has 19 heavy (non-hydrogen) atoms. The molecule has 6 heteroatoms. The second-order valence-electron chi connectivity index (χ2n) is 5.77. The smallest absolute Gasteiger partial charge is 0.410 e. The first-order chi connectivity index (χ1) is 8.81. The number of nitrogens with one attached hydrogen (secondary N) is 1. The first-order valence-electron chi connectivity index (χ1n) is 6.65. The van der Waals surface area contributed by atoms with E-state index in [0.29, 0.717) is 31.8 Å². The summed E-state index contributed by atoms with van der Waals surface area (Å²) >= 11 is 5.54. The number of hydrogen-bond acceptors (Lipinski definition) is 3. The molecule has 1 aliphatic heterocycles. The Labute approximate surface area is 119 Å². The SMILES string of the molecule is CC(C)(C)OC(=O)N1CC[C@H](NC(=O)CCCCl)C1. The molecule has 1 heterocycles. The van der Waals surface area contributed by atoms with E-state index in [0.717, 1.165) is 6.42 Å². The Morgan fingerprint density at radius 2 is 2.11 bits per heavy atom.